The predicted octanol–water partition coefficient (Wildman–Crippen LogP) is 5.66. The van der Waals surface area contributed by atoms with Gasteiger partial charge in [0.25, 0.3) is 0 Å². The molecule has 168 valence electrons. The van der Waals surface area contributed by atoms with E-state index in [2.05, 4.69) is 4.98 Å². The van der Waals surface area contributed by atoms with E-state index in [0.717, 1.165) is 18.3 Å². The zero-order chi connectivity index (χ0) is 23.7. The molecule has 2 aromatic carbocycles. The third kappa shape index (κ3) is 4.28. The van der Waals surface area contributed by atoms with Crippen molar-refractivity contribution in [2.24, 2.45) is 0 Å². The van der Waals surface area contributed by atoms with Crippen LogP contribution in [0.25, 0.3) is 11.3 Å². The lowest BCUT2D eigenvalue weighted by Gasteiger charge is -2.37. The standard InChI is InChI=1S/C23H19ClF3NO4/c1-13(18-7-6-17(32-2)12-19(18)24)22(31,23(25,26)27)16-8-9-28-20(11-16)14-4-3-5-15(10-14)21(29)30/h3-13,31H,1-2H3,(H,29,30). The first-order chi connectivity index (χ1) is 15.0. The quantitative estimate of drug-likeness (QED) is 0.491. The Labute approximate surface area is 187 Å². The summed E-state index contributed by atoms with van der Waals surface area (Å²) in [6.45, 7) is 1.23. The van der Waals surface area contributed by atoms with Crippen LogP contribution < -0.4 is 4.74 Å². The first kappa shape index (κ1) is 23.6. The summed E-state index contributed by atoms with van der Waals surface area (Å²) in [4.78, 5) is 15.3. The minimum Gasteiger partial charge on any atom is -0.497 e. The molecule has 0 bridgehead atoms. The average molecular weight is 466 g/mol. The molecule has 0 aliphatic carbocycles. The fourth-order valence-electron chi connectivity index (χ4n) is 3.51. The number of carboxylic acids is 1. The molecule has 32 heavy (non-hydrogen) atoms. The maximum absolute atomic E-state index is 14.3. The van der Waals surface area contributed by atoms with Gasteiger partial charge in [0.05, 0.1) is 18.4 Å². The molecule has 0 aliphatic heterocycles. The van der Waals surface area contributed by atoms with Gasteiger partial charge in [0.2, 0.25) is 0 Å². The molecule has 0 saturated carbocycles. The van der Waals surface area contributed by atoms with Crippen LogP contribution in [0.5, 0.6) is 5.75 Å². The number of benzene rings is 2. The lowest BCUT2D eigenvalue weighted by molar-refractivity contribution is -0.274. The number of ether oxygens (including phenoxy) is 1. The van der Waals surface area contributed by atoms with Gasteiger partial charge in [0.15, 0.2) is 5.60 Å². The molecule has 0 amide bonds. The normalized spacial score (nSPS) is 14.5. The van der Waals surface area contributed by atoms with Gasteiger partial charge < -0.3 is 14.9 Å². The van der Waals surface area contributed by atoms with Crippen molar-refractivity contribution in [3.63, 3.8) is 0 Å². The predicted molar refractivity (Wildman–Crippen MR) is 113 cm³/mol. The van der Waals surface area contributed by atoms with Crippen LogP contribution in [0, 0.1) is 0 Å². The SMILES string of the molecule is COc1ccc(C(C)C(O)(c2ccnc(-c3cccc(C(=O)O)c3)c2)C(F)(F)F)c(Cl)c1. The van der Waals surface area contributed by atoms with Gasteiger partial charge in [-0.05, 0) is 47.5 Å². The van der Waals surface area contributed by atoms with Crippen molar-refractivity contribution in [2.75, 3.05) is 7.11 Å². The summed E-state index contributed by atoms with van der Waals surface area (Å²) in [7, 11) is 1.40. The van der Waals surface area contributed by atoms with Crippen molar-refractivity contribution in [3.05, 3.63) is 82.5 Å². The molecule has 0 saturated heterocycles. The molecule has 2 unspecified atom stereocenters. The maximum Gasteiger partial charge on any atom is 0.422 e. The number of nitrogens with zero attached hydrogens (tertiary/aromatic N) is 1. The van der Waals surface area contributed by atoms with E-state index >= 15 is 0 Å². The highest BCUT2D eigenvalue weighted by atomic mass is 35.5. The number of aromatic carboxylic acids is 1. The summed E-state index contributed by atoms with van der Waals surface area (Å²) in [5.74, 6) is -2.30. The van der Waals surface area contributed by atoms with E-state index in [0.29, 0.717) is 11.3 Å². The number of aliphatic hydroxyl groups is 1. The lowest BCUT2D eigenvalue weighted by Crippen LogP contribution is -2.46. The van der Waals surface area contributed by atoms with Crippen LogP contribution in [0.15, 0.2) is 60.8 Å². The molecule has 2 atom stereocenters. The van der Waals surface area contributed by atoms with Crippen LogP contribution >= 0.6 is 11.6 Å². The molecular weight excluding hydrogens is 447 g/mol. The summed E-state index contributed by atoms with van der Waals surface area (Å²) in [6, 6.07) is 12.0. The number of alkyl halides is 3. The summed E-state index contributed by atoms with van der Waals surface area (Å²) >= 11 is 6.19. The van der Waals surface area contributed by atoms with Crippen molar-refractivity contribution < 1.29 is 32.9 Å². The van der Waals surface area contributed by atoms with Crippen molar-refractivity contribution in [3.8, 4) is 17.0 Å². The van der Waals surface area contributed by atoms with Crippen molar-refractivity contribution in [1.82, 2.24) is 4.98 Å². The van der Waals surface area contributed by atoms with Crippen LogP contribution in [-0.4, -0.2) is 34.5 Å². The van der Waals surface area contributed by atoms with Crippen LogP contribution in [-0.2, 0) is 5.60 Å². The number of aromatic nitrogens is 1. The second-order valence-electron chi connectivity index (χ2n) is 7.19. The molecular formula is C23H19ClF3NO4. The maximum atomic E-state index is 14.3. The van der Waals surface area contributed by atoms with Crippen molar-refractivity contribution >= 4 is 17.6 Å². The van der Waals surface area contributed by atoms with Crippen LogP contribution in [0.3, 0.4) is 0 Å². The lowest BCUT2D eigenvalue weighted by atomic mass is 9.77. The summed E-state index contributed by atoms with van der Waals surface area (Å²) in [5, 5.41) is 20.3. The number of hydrogen-bond donors (Lipinski definition) is 2. The van der Waals surface area contributed by atoms with Crippen molar-refractivity contribution in [2.45, 2.75) is 24.6 Å². The molecule has 5 nitrogen and oxygen atoms in total. The molecule has 0 fully saturated rings. The van der Waals surface area contributed by atoms with E-state index in [-0.39, 0.29) is 21.8 Å². The highest BCUT2D eigenvalue weighted by molar-refractivity contribution is 6.31. The Morgan fingerprint density at radius 2 is 1.84 bits per heavy atom. The van der Waals surface area contributed by atoms with Gasteiger partial charge in [-0.2, -0.15) is 13.2 Å². The van der Waals surface area contributed by atoms with Gasteiger partial charge in [-0.25, -0.2) is 4.79 Å². The molecule has 1 heterocycles. The topological polar surface area (TPSA) is 79.7 Å². The smallest absolute Gasteiger partial charge is 0.422 e. The van der Waals surface area contributed by atoms with Gasteiger partial charge in [-0.3, -0.25) is 4.98 Å². The monoisotopic (exact) mass is 465 g/mol. The second-order valence-corrected chi connectivity index (χ2v) is 7.60. The van der Waals surface area contributed by atoms with Gasteiger partial charge in [-0.15, -0.1) is 0 Å². The van der Waals surface area contributed by atoms with Gasteiger partial charge in [0, 0.05) is 22.7 Å². The fourth-order valence-corrected chi connectivity index (χ4v) is 3.84. The van der Waals surface area contributed by atoms with E-state index < -0.39 is 29.2 Å². The second kappa shape index (κ2) is 8.80. The third-order valence-corrected chi connectivity index (χ3v) is 5.67. The number of pyridine rings is 1. The first-order valence-corrected chi connectivity index (χ1v) is 9.79. The summed E-state index contributed by atoms with van der Waals surface area (Å²) in [5.41, 5.74) is -3.33. The van der Waals surface area contributed by atoms with E-state index in [4.69, 9.17) is 16.3 Å². The van der Waals surface area contributed by atoms with Gasteiger partial charge >= 0.3 is 12.1 Å². The Hall–Kier alpha value is -3.10. The van der Waals surface area contributed by atoms with Crippen LogP contribution in [0.1, 0.15) is 34.3 Å². The van der Waals surface area contributed by atoms with Gasteiger partial charge in [0.1, 0.15) is 5.75 Å². The number of methoxy groups -OCH3 is 1. The van der Waals surface area contributed by atoms with Crippen LogP contribution in [0.4, 0.5) is 13.2 Å². The molecule has 3 rings (SSSR count). The Morgan fingerprint density at radius 3 is 2.44 bits per heavy atom. The Bertz CT molecular complexity index is 1150. The average Bonchev–Trinajstić information content (AvgIpc) is 2.77. The molecule has 0 aliphatic rings. The van der Waals surface area contributed by atoms with E-state index in [1.165, 1.54) is 56.5 Å². The summed E-state index contributed by atoms with van der Waals surface area (Å²) < 4.78 is 47.9. The molecule has 0 spiro atoms. The van der Waals surface area contributed by atoms with E-state index in [1.54, 1.807) is 0 Å². The van der Waals surface area contributed by atoms with Crippen LogP contribution in [0.2, 0.25) is 5.02 Å². The third-order valence-electron chi connectivity index (χ3n) is 5.34. The Balaban J connectivity index is 2.14. The number of halogens is 4. The zero-order valence-corrected chi connectivity index (χ0v) is 17.8. The molecule has 0 radical (unpaired) electrons. The van der Waals surface area contributed by atoms with E-state index in [1.807, 2.05) is 0 Å². The minimum atomic E-state index is -5.06. The highest BCUT2D eigenvalue weighted by Gasteiger charge is 2.59. The Morgan fingerprint density at radius 1 is 1.12 bits per heavy atom. The molecule has 1 aromatic heterocycles. The minimum absolute atomic E-state index is 0.0166. The highest BCUT2D eigenvalue weighted by Crippen LogP contribution is 2.50. The number of carboxylic acid groups (broad SMARTS) is 1. The summed E-state index contributed by atoms with van der Waals surface area (Å²) in [6.07, 6.45) is -3.92. The number of carbonyl (C=O) groups is 1. The fraction of sp³-hybridized carbons (Fsp3) is 0.217. The largest absolute Gasteiger partial charge is 0.497 e. The number of hydrogen-bond acceptors (Lipinski definition) is 4. The van der Waals surface area contributed by atoms with E-state index in [9.17, 15) is 28.2 Å². The number of rotatable bonds is 6. The van der Waals surface area contributed by atoms with Gasteiger partial charge in [-0.1, -0.05) is 36.7 Å². The first-order valence-electron chi connectivity index (χ1n) is 9.41. The molecule has 9 heteroatoms. The molecule has 2 N–H and O–H groups in total. The van der Waals surface area contributed by atoms with Crippen molar-refractivity contribution in [1.29, 1.82) is 0 Å². The Kier molecular flexibility index (Phi) is 6.48. The molecule has 3 aromatic rings. The zero-order valence-electron chi connectivity index (χ0n) is 17.0.